The van der Waals surface area contributed by atoms with Gasteiger partial charge in [0.2, 0.25) is 11.7 Å². The van der Waals surface area contributed by atoms with E-state index in [9.17, 15) is 9.18 Å². The van der Waals surface area contributed by atoms with Crippen LogP contribution in [0.2, 0.25) is 0 Å². The molecule has 4 nitrogen and oxygen atoms in total. The fourth-order valence-corrected chi connectivity index (χ4v) is 2.02. The van der Waals surface area contributed by atoms with Crippen LogP contribution < -0.4 is 0 Å². The second kappa shape index (κ2) is 4.89. The summed E-state index contributed by atoms with van der Waals surface area (Å²) in [5, 5.41) is 8.95. The van der Waals surface area contributed by atoms with Crippen LogP contribution in [0.3, 0.4) is 0 Å². The number of carboxylic acid groups (broad SMARTS) is 1. The summed E-state index contributed by atoms with van der Waals surface area (Å²) in [6.07, 6.45) is 0.432. The fourth-order valence-electron chi connectivity index (χ4n) is 1.56. The smallest absolute Gasteiger partial charge is 0.373 e. The Bertz CT molecular complexity index is 589. The minimum atomic E-state index is -1.18. The highest BCUT2D eigenvalue weighted by Crippen LogP contribution is 2.26. The van der Waals surface area contributed by atoms with Crippen LogP contribution >= 0.6 is 15.9 Å². The SMILES string of the molecule is CCc1nc(-c2cc(F)cc(Br)c2)oc1C(=O)O. The third-order valence-corrected chi connectivity index (χ3v) is 2.79. The van der Waals surface area contributed by atoms with Gasteiger partial charge in [0.1, 0.15) is 5.82 Å². The lowest BCUT2D eigenvalue weighted by Crippen LogP contribution is -1.98. The Balaban J connectivity index is 2.54. The maximum Gasteiger partial charge on any atom is 0.373 e. The number of oxazole rings is 1. The molecule has 0 saturated carbocycles. The number of benzene rings is 1. The van der Waals surface area contributed by atoms with E-state index in [1.165, 1.54) is 12.1 Å². The van der Waals surface area contributed by atoms with Gasteiger partial charge < -0.3 is 9.52 Å². The van der Waals surface area contributed by atoms with Gasteiger partial charge >= 0.3 is 5.97 Å². The molecule has 0 bridgehead atoms. The average Bonchev–Trinajstić information content (AvgIpc) is 2.71. The van der Waals surface area contributed by atoms with Crippen molar-refractivity contribution < 1.29 is 18.7 Å². The van der Waals surface area contributed by atoms with E-state index in [0.29, 0.717) is 22.2 Å². The second-order valence-electron chi connectivity index (χ2n) is 3.61. The Morgan fingerprint density at radius 3 is 2.72 bits per heavy atom. The summed E-state index contributed by atoms with van der Waals surface area (Å²) in [7, 11) is 0. The van der Waals surface area contributed by atoms with Crippen LogP contribution in [0.25, 0.3) is 11.5 Å². The van der Waals surface area contributed by atoms with E-state index < -0.39 is 11.8 Å². The van der Waals surface area contributed by atoms with E-state index in [4.69, 9.17) is 9.52 Å². The lowest BCUT2D eigenvalue weighted by molar-refractivity contribution is 0.0662. The predicted octanol–water partition coefficient (Wildman–Crippen LogP) is 3.50. The van der Waals surface area contributed by atoms with Gasteiger partial charge in [-0.1, -0.05) is 22.9 Å². The van der Waals surface area contributed by atoms with Crippen LogP contribution in [0.4, 0.5) is 4.39 Å². The fraction of sp³-hybridized carbons (Fsp3) is 0.167. The standard InChI is InChI=1S/C12H9BrFNO3/c1-2-9-10(12(16)17)18-11(15-9)6-3-7(13)5-8(14)4-6/h3-5H,2H2,1H3,(H,16,17). The zero-order chi connectivity index (χ0) is 13.3. The summed E-state index contributed by atoms with van der Waals surface area (Å²) in [6, 6.07) is 4.15. The number of carbonyl (C=O) groups is 1. The normalized spacial score (nSPS) is 10.6. The highest BCUT2D eigenvalue weighted by Gasteiger charge is 2.19. The first-order valence-corrected chi connectivity index (χ1v) is 6.00. The van der Waals surface area contributed by atoms with E-state index in [2.05, 4.69) is 20.9 Å². The Morgan fingerprint density at radius 1 is 1.50 bits per heavy atom. The largest absolute Gasteiger partial charge is 0.475 e. The lowest BCUT2D eigenvalue weighted by atomic mass is 10.2. The molecule has 18 heavy (non-hydrogen) atoms. The number of hydrogen-bond donors (Lipinski definition) is 1. The number of rotatable bonds is 3. The van der Waals surface area contributed by atoms with Crippen molar-refractivity contribution in [2.75, 3.05) is 0 Å². The zero-order valence-electron chi connectivity index (χ0n) is 9.41. The summed E-state index contributed by atoms with van der Waals surface area (Å²) in [6.45, 7) is 1.77. The summed E-state index contributed by atoms with van der Waals surface area (Å²) in [4.78, 5) is 15.0. The van der Waals surface area contributed by atoms with E-state index in [0.717, 1.165) is 0 Å². The van der Waals surface area contributed by atoms with Crippen molar-refractivity contribution in [2.24, 2.45) is 0 Å². The lowest BCUT2D eigenvalue weighted by Gasteiger charge is -1.97. The number of nitrogens with zero attached hydrogens (tertiary/aromatic N) is 1. The zero-order valence-corrected chi connectivity index (χ0v) is 11.0. The molecule has 1 aromatic carbocycles. The maximum absolute atomic E-state index is 13.2. The second-order valence-corrected chi connectivity index (χ2v) is 4.53. The number of hydrogen-bond acceptors (Lipinski definition) is 3. The molecule has 0 radical (unpaired) electrons. The summed E-state index contributed by atoms with van der Waals surface area (Å²) in [5.74, 6) is -1.73. The van der Waals surface area contributed by atoms with Crippen molar-refractivity contribution in [1.29, 1.82) is 0 Å². The van der Waals surface area contributed by atoms with Gasteiger partial charge in [0, 0.05) is 10.0 Å². The quantitative estimate of drug-likeness (QED) is 0.942. The van der Waals surface area contributed by atoms with E-state index in [1.54, 1.807) is 13.0 Å². The molecule has 94 valence electrons. The molecule has 0 aliphatic heterocycles. The van der Waals surface area contributed by atoms with Gasteiger partial charge in [-0.25, -0.2) is 14.2 Å². The molecule has 2 rings (SSSR count). The van der Waals surface area contributed by atoms with Crippen LogP contribution in [0.5, 0.6) is 0 Å². The minimum absolute atomic E-state index is 0.101. The van der Waals surface area contributed by atoms with Crippen LogP contribution in [0.1, 0.15) is 23.2 Å². The van der Waals surface area contributed by atoms with Crippen molar-refractivity contribution in [1.82, 2.24) is 4.98 Å². The van der Waals surface area contributed by atoms with E-state index in [1.807, 2.05) is 0 Å². The molecule has 0 saturated heterocycles. The highest BCUT2D eigenvalue weighted by molar-refractivity contribution is 9.10. The maximum atomic E-state index is 13.2. The van der Waals surface area contributed by atoms with Gasteiger partial charge in [-0.05, 0) is 24.6 Å². The molecule has 1 N–H and O–H groups in total. The topological polar surface area (TPSA) is 63.3 Å². The molecule has 0 atom stereocenters. The Kier molecular flexibility index (Phi) is 3.47. The minimum Gasteiger partial charge on any atom is -0.475 e. The van der Waals surface area contributed by atoms with Gasteiger partial charge in [0.05, 0.1) is 5.69 Å². The molecular formula is C12H9BrFNO3. The first-order chi connectivity index (χ1) is 8.51. The van der Waals surface area contributed by atoms with Crippen LogP contribution in [0.15, 0.2) is 27.1 Å². The first kappa shape index (κ1) is 12.8. The third-order valence-electron chi connectivity index (χ3n) is 2.34. The molecule has 1 aromatic heterocycles. The van der Waals surface area contributed by atoms with E-state index in [-0.39, 0.29) is 11.7 Å². The number of carboxylic acids is 1. The molecule has 2 aromatic rings. The van der Waals surface area contributed by atoms with Crippen molar-refractivity contribution in [3.05, 3.63) is 39.9 Å². The molecule has 0 unspecified atom stereocenters. The van der Waals surface area contributed by atoms with Gasteiger partial charge in [0.15, 0.2) is 0 Å². The molecule has 0 spiro atoms. The van der Waals surface area contributed by atoms with Crippen LogP contribution in [-0.4, -0.2) is 16.1 Å². The van der Waals surface area contributed by atoms with Crippen LogP contribution in [-0.2, 0) is 6.42 Å². The summed E-state index contributed by atoms with van der Waals surface area (Å²) < 4.78 is 18.9. The van der Waals surface area contributed by atoms with Crippen molar-refractivity contribution in [2.45, 2.75) is 13.3 Å². The van der Waals surface area contributed by atoms with Gasteiger partial charge in [0.25, 0.3) is 0 Å². The molecular weight excluding hydrogens is 305 g/mol. The molecule has 0 fully saturated rings. The Hall–Kier alpha value is -1.69. The van der Waals surface area contributed by atoms with Crippen molar-refractivity contribution >= 4 is 21.9 Å². The monoisotopic (exact) mass is 313 g/mol. The molecule has 0 aliphatic rings. The Labute approximate surface area is 111 Å². The van der Waals surface area contributed by atoms with E-state index >= 15 is 0 Å². The summed E-state index contributed by atoms with van der Waals surface area (Å²) >= 11 is 3.16. The molecule has 0 amide bonds. The van der Waals surface area contributed by atoms with Crippen molar-refractivity contribution in [3.8, 4) is 11.5 Å². The molecule has 0 aliphatic carbocycles. The van der Waals surface area contributed by atoms with Crippen LogP contribution in [0, 0.1) is 5.82 Å². The van der Waals surface area contributed by atoms with Gasteiger partial charge in [-0.3, -0.25) is 0 Å². The number of aromatic nitrogens is 1. The predicted molar refractivity (Wildman–Crippen MR) is 65.9 cm³/mol. The average molecular weight is 314 g/mol. The number of halogens is 2. The van der Waals surface area contributed by atoms with Crippen molar-refractivity contribution in [3.63, 3.8) is 0 Å². The number of aryl methyl sites for hydroxylation is 1. The first-order valence-electron chi connectivity index (χ1n) is 5.20. The van der Waals surface area contributed by atoms with Gasteiger partial charge in [-0.2, -0.15) is 0 Å². The molecule has 1 heterocycles. The third kappa shape index (κ3) is 2.43. The van der Waals surface area contributed by atoms with Gasteiger partial charge in [-0.15, -0.1) is 0 Å². The number of aromatic carboxylic acids is 1. The molecule has 6 heteroatoms. The highest BCUT2D eigenvalue weighted by atomic mass is 79.9. The summed E-state index contributed by atoms with van der Waals surface area (Å²) in [5.41, 5.74) is 0.738. The Morgan fingerprint density at radius 2 is 2.22 bits per heavy atom.